The number of hydrogen-bond acceptors (Lipinski definition) is 5. The minimum Gasteiger partial charge on any atom is -0.373 e. The monoisotopic (exact) mass is 280 g/mol. The van der Waals surface area contributed by atoms with E-state index in [0.29, 0.717) is 24.7 Å². The van der Waals surface area contributed by atoms with Gasteiger partial charge in [0.2, 0.25) is 0 Å². The van der Waals surface area contributed by atoms with Crippen LogP contribution in [0.5, 0.6) is 0 Å². The van der Waals surface area contributed by atoms with Crippen molar-refractivity contribution in [2.75, 3.05) is 31.6 Å². The fraction of sp³-hybridized carbons (Fsp3) is 0.714. The van der Waals surface area contributed by atoms with Gasteiger partial charge in [-0.25, -0.2) is 14.4 Å². The van der Waals surface area contributed by atoms with E-state index in [1.54, 1.807) is 0 Å². The number of morpholine rings is 1. The number of hydrogen-bond donors (Lipinski definition) is 1. The highest BCUT2D eigenvalue weighted by Gasteiger charge is 2.32. The number of aromatic nitrogens is 2. The molecule has 5 nitrogen and oxygen atoms in total. The Hall–Kier alpha value is -1.27. The van der Waals surface area contributed by atoms with E-state index in [9.17, 15) is 4.39 Å². The minimum absolute atomic E-state index is 0.101. The maximum atomic E-state index is 14.0. The molecule has 1 N–H and O–H groups in total. The van der Waals surface area contributed by atoms with E-state index in [-0.39, 0.29) is 17.7 Å². The van der Waals surface area contributed by atoms with Crippen LogP contribution in [0.1, 0.15) is 25.5 Å². The lowest BCUT2D eigenvalue weighted by atomic mass is 10.2. The lowest BCUT2D eigenvalue weighted by molar-refractivity contribution is -0.0416. The molecule has 2 aliphatic heterocycles. The molecular weight excluding hydrogens is 259 g/mol. The van der Waals surface area contributed by atoms with Crippen LogP contribution in [0.4, 0.5) is 10.2 Å². The zero-order chi connectivity index (χ0) is 13.9. The molecule has 2 saturated heterocycles. The SMILES string of the molecule is CCc1ncnc(NCC2CN3CCCC3CO2)c1F. The first kappa shape index (κ1) is 13.7. The first-order valence-corrected chi connectivity index (χ1v) is 7.36. The van der Waals surface area contributed by atoms with E-state index < -0.39 is 0 Å². The summed E-state index contributed by atoms with van der Waals surface area (Å²) in [7, 11) is 0. The largest absolute Gasteiger partial charge is 0.373 e. The van der Waals surface area contributed by atoms with Crippen LogP contribution in [0.15, 0.2) is 6.33 Å². The van der Waals surface area contributed by atoms with Gasteiger partial charge in [0.25, 0.3) is 0 Å². The van der Waals surface area contributed by atoms with Gasteiger partial charge in [0.15, 0.2) is 11.6 Å². The Morgan fingerprint density at radius 1 is 1.50 bits per heavy atom. The standard InChI is InChI=1S/C14H21FN4O/c1-2-12-13(15)14(18-9-17-12)16-6-11-7-19-5-3-4-10(19)8-20-11/h9-11H,2-8H2,1H3,(H,16,17,18). The second-order valence-electron chi connectivity index (χ2n) is 5.46. The van der Waals surface area contributed by atoms with E-state index in [4.69, 9.17) is 4.74 Å². The lowest BCUT2D eigenvalue weighted by Crippen LogP contribution is -2.48. The molecule has 2 aliphatic rings. The van der Waals surface area contributed by atoms with Crippen molar-refractivity contribution in [3.63, 3.8) is 0 Å². The molecule has 0 radical (unpaired) electrons. The molecule has 0 bridgehead atoms. The van der Waals surface area contributed by atoms with Gasteiger partial charge < -0.3 is 10.1 Å². The normalized spacial score (nSPS) is 26.5. The summed E-state index contributed by atoms with van der Waals surface area (Å²) in [4.78, 5) is 10.4. The molecule has 1 aromatic rings. The van der Waals surface area contributed by atoms with Gasteiger partial charge in [0.05, 0.1) is 18.4 Å². The maximum absolute atomic E-state index is 14.0. The molecule has 2 fully saturated rings. The van der Waals surface area contributed by atoms with Gasteiger partial charge in [-0.2, -0.15) is 0 Å². The Morgan fingerprint density at radius 2 is 2.40 bits per heavy atom. The van der Waals surface area contributed by atoms with Crippen LogP contribution in [0.25, 0.3) is 0 Å². The minimum atomic E-state index is -0.343. The Bertz CT molecular complexity index is 470. The molecule has 1 aromatic heterocycles. The Labute approximate surface area is 118 Å². The number of halogens is 1. The third kappa shape index (κ3) is 2.76. The first-order valence-electron chi connectivity index (χ1n) is 7.36. The number of nitrogens with zero attached hydrogens (tertiary/aromatic N) is 3. The van der Waals surface area contributed by atoms with Gasteiger partial charge >= 0.3 is 0 Å². The predicted molar refractivity (Wildman–Crippen MR) is 74.2 cm³/mol. The third-order valence-electron chi connectivity index (χ3n) is 4.16. The molecule has 3 heterocycles. The number of aryl methyl sites for hydroxylation is 1. The van der Waals surface area contributed by atoms with Crippen molar-refractivity contribution in [3.05, 3.63) is 17.8 Å². The van der Waals surface area contributed by atoms with Crippen molar-refractivity contribution in [2.45, 2.75) is 38.3 Å². The second-order valence-corrected chi connectivity index (χ2v) is 5.46. The van der Waals surface area contributed by atoms with Crippen LogP contribution >= 0.6 is 0 Å². The summed E-state index contributed by atoms with van der Waals surface area (Å²) in [6, 6.07) is 0.591. The number of ether oxygens (including phenoxy) is 1. The highest BCUT2D eigenvalue weighted by atomic mass is 19.1. The summed E-state index contributed by atoms with van der Waals surface area (Å²) < 4.78 is 19.8. The number of fused-ring (bicyclic) bond motifs is 1. The smallest absolute Gasteiger partial charge is 0.186 e. The zero-order valence-electron chi connectivity index (χ0n) is 11.8. The lowest BCUT2D eigenvalue weighted by Gasteiger charge is -2.35. The average molecular weight is 280 g/mol. The molecule has 6 heteroatoms. The summed E-state index contributed by atoms with van der Waals surface area (Å²) >= 11 is 0. The van der Waals surface area contributed by atoms with Crippen molar-refractivity contribution in [2.24, 2.45) is 0 Å². The molecule has 3 rings (SSSR count). The summed E-state index contributed by atoms with van der Waals surface area (Å²) in [5, 5.41) is 3.06. The Balaban J connectivity index is 1.57. The maximum Gasteiger partial charge on any atom is 0.186 e. The second kappa shape index (κ2) is 6.01. The Kier molecular flexibility index (Phi) is 4.12. The van der Waals surface area contributed by atoms with Crippen LogP contribution in [-0.2, 0) is 11.2 Å². The summed E-state index contributed by atoms with van der Waals surface area (Å²) in [6.07, 6.45) is 4.57. The van der Waals surface area contributed by atoms with Gasteiger partial charge in [-0.05, 0) is 25.8 Å². The van der Waals surface area contributed by atoms with Crippen LogP contribution < -0.4 is 5.32 Å². The van der Waals surface area contributed by atoms with Gasteiger partial charge in [0.1, 0.15) is 6.33 Å². The molecule has 20 heavy (non-hydrogen) atoms. The van der Waals surface area contributed by atoms with Gasteiger partial charge in [-0.3, -0.25) is 4.90 Å². The zero-order valence-corrected chi connectivity index (χ0v) is 11.8. The molecule has 2 atom stereocenters. The van der Waals surface area contributed by atoms with E-state index in [1.165, 1.54) is 19.2 Å². The van der Waals surface area contributed by atoms with E-state index in [2.05, 4.69) is 20.2 Å². The highest BCUT2D eigenvalue weighted by molar-refractivity contribution is 5.37. The van der Waals surface area contributed by atoms with Crippen molar-refractivity contribution in [3.8, 4) is 0 Å². The van der Waals surface area contributed by atoms with E-state index in [1.807, 2.05) is 6.92 Å². The number of nitrogens with one attached hydrogen (secondary N) is 1. The van der Waals surface area contributed by atoms with Gasteiger partial charge in [0, 0.05) is 19.1 Å². The van der Waals surface area contributed by atoms with Gasteiger partial charge in [-0.1, -0.05) is 6.92 Å². The van der Waals surface area contributed by atoms with E-state index in [0.717, 1.165) is 19.7 Å². The molecule has 0 saturated carbocycles. The number of anilines is 1. The Morgan fingerprint density at radius 3 is 3.25 bits per heavy atom. The summed E-state index contributed by atoms with van der Waals surface area (Å²) in [5.74, 6) is -0.0612. The summed E-state index contributed by atoms with van der Waals surface area (Å²) in [6.45, 7) is 5.34. The number of rotatable bonds is 4. The topological polar surface area (TPSA) is 50.3 Å². The predicted octanol–water partition coefficient (Wildman–Crippen LogP) is 1.45. The first-order chi connectivity index (χ1) is 9.78. The molecule has 0 amide bonds. The fourth-order valence-electron chi connectivity index (χ4n) is 3.00. The van der Waals surface area contributed by atoms with Crippen LogP contribution in [0, 0.1) is 5.82 Å². The van der Waals surface area contributed by atoms with E-state index >= 15 is 0 Å². The molecule has 0 aromatic carbocycles. The van der Waals surface area contributed by atoms with Crippen molar-refractivity contribution in [1.82, 2.24) is 14.9 Å². The molecule has 2 unspecified atom stereocenters. The van der Waals surface area contributed by atoms with Crippen molar-refractivity contribution < 1.29 is 9.13 Å². The molecule has 110 valence electrons. The van der Waals surface area contributed by atoms with Crippen molar-refractivity contribution >= 4 is 5.82 Å². The van der Waals surface area contributed by atoms with Gasteiger partial charge in [-0.15, -0.1) is 0 Å². The molecular formula is C14H21FN4O. The summed E-state index contributed by atoms with van der Waals surface area (Å²) in [5.41, 5.74) is 0.451. The van der Waals surface area contributed by atoms with Crippen LogP contribution in [0.2, 0.25) is 0 Å². The highest BCUT2D eigenvalue weighted by Crippen LogP contribution is 2.23. The van der Waals surface area contributed by atoms with Crippen molar-refractivity contribution in [1.29, 1.82) is 0 Å². The molecule has 0 spiro atoms. The van der Waals surface area contributed by atoms with Crippen LogP contribution in [0.3, 0.4) is 0 Å². The fourth-order valence-corrected chi connectivity index (χ4v) is 3.00. The quantitative estimate of drug-likeness (QED) is 0.904. The van der Waals surface area contributed by atoms with Crippen LogP contribution in [-0.4, -0.2) is 53.3 Å². The molecule has 0 aliphatic carbocycles. The third-order valence-corrected chi connectivity index (χ3v) is 4.16. The average Bonchev–Trinajstić information content (AvgIpc) is 2.93.